The molecule has 1 fully saturated rings. The van der Waals surface area contributed by atoms with Crippen molar-refractivity contribution in [3.63, 3.8) is 0 Å². The Morgan fingerprint density at radius 3 is 2.48 bits per heavy atom. The van der Waals surface area contributed by atoms with Crippen LogP contribution in [0.5, 0.6) is 0 Å². The van der Waals surface area contributed by atoms with Crippen LogP contribution in [-0.4, -0.2) is 33.6 Å². The van der Waals surface area contributed by atoms with E-state index in [1.165, 1.54) is 0 Å². The average molecular weight is 364 g/mol. The Labute approximate surface area is 142 Å². The fourth-order valence-electron chi connectivity index (χ4n) is 2.58. The van der Waals surface area contributed by atoms with Crippen LogP contribution in [0.4, 0.5) is 0 Å². The topological polar surface area (TPSA) is 73.9 Å². The predicted octanol–water partition coefficient (Wildman–Crippen LogP) is 2.62. The number of hydrogen-bond acceptors (Lipinski definition) is 5. The Balaban J connectivity index is 2.24. The molecule has 1 aromatic carbocycles. The van der Waals surface area contributed by atoms with E-state index in [0.29, 0.717) is 24.3 Å². The third-order valence-electron chi connectivity index (χ3n) is 3.98. The van der Waals surface area contributed by atoms with Crippen molar-refractivity contribution in [2.45, 2.75) is 51.2 Å². The Morgan fingerprint density at radius 1 is 1.26 bits per heavy atom. The minimum atomic E-state index is -3.89. The maximum absolute atomic E-state index is 11.7. The standard InChI is InChI=1S/C15H22ClNO5S/c1-4-15(5-2)21-13(10-11-8-6-7-9-12(11)16)14(22-15)17-23(18,19)20-3/h6-9,13-14,17H,4-5,10H2,1-3H3/t13-,14-/m1/s1. The number of ether oxygens (including phenoxy) is 2. The van der Waals surface area contributed by atoms with E-state index < -0.39 is 28.4 Å². The molecular weight excluding hydrogens is 342 g/mol. The lowest BCUT2D eigenvalue weighted by Crippen LogP contribution is -2.43. The van der Waals surface area contributed by atoms with Crippen LogP contribution in [0, 0.1) is 0 Å². The first-order valence-corrected chi connectivity index (χ1v) is 9.30. The lowest BCUT2D eigenvalue weighted by molar-refractivity contribution is -0.179. The van der Waals surface area contributed by atoms with Gasteiger partial charge in [0.1, 0.15) is 6.10 Å². The van der Waals surface area contributed by atoms with E-state index in [-0.39, 0.29) is 0 Å². The molecule has 130 valence electrons. The molecule has 1 aromatic rings. The van der Waals surface area contributed by atoms with Gasteiger partial charge in [-0.3, -0.25) is 4.18 Å². The molecule has 1 aliphatic rings. The molecule has 0 bridgehead atoms. The minimum Gasteiger partial charge on any atom is -0.342 e. The zero-order chi connectivity index (χ0) is 17.1. The fraction of sp³-hybridized carbons (Fsp3) is 0.600. The largest absolute Gasteiger partial charge is 0.342 e. The molecule has 1 saturated heterocycles. The molecule has 1 heterocycles. The van der Waals surface area contributed by atoms with Crippen molar-refractivity contribution >= 4 is 21.9 Å². The lowest BCUT2D eigenvalue weighted by atomic mass is 10.1. The van der Waals surface area contributed by atoms with E-state index in [9.17, 15) is 8.42 Å². The highest BCUT2D eigenvalue weighted by Gasteiger charge is 2.46. The van der Waals surface area contributed by atoms with Gasteiger partial charge in [-0.25, -0.2) is 0 Å². The maximum Gasteiger partial charge on any atom is 0.337 e. The van der Waals surface area contributed by atoms with Gasteiger partial charge in [0.2, 0.25) is 0 Å². The molecule has 23 heavy (non-hydrogen) atoms. The lowest BCUT2D eigenvalue weighted by Gasteiger charge is -2.25. The molecule has 8 heteroatoms. The van der Waals surface area contributed by atoms with E-state index in [4.69, 9.17) is 21.1 Å². The van der Waals surface area contributed by atoms with Gasteiger partial charge < -0.3 is 9.47 Å². The highest BCUT2D eigenvalue weighted by Crippen LogP contribution is 2.35. The third kappa shape index (κ3) is 4.43. The van der Waals surface area contributed by atoms with Gasteiger partial charge in [0.25, 0.3) is 0 Å². The predicted molar refractivity (Wildman–Crippen MR) is 87.3 cm³/mol. The molecule has 2 atom stereocenters. The Bertz CT molecular complexity index is 633. The normalized spacial score (nSPS) is 24.0. The van der Waals surface area contributed by atoms with Crippen molar-refractivity contribution in [2.75, 3.05) is 7.11 Å². The summed E-state index contributed by atoms with van der Waals surface area (Å²) in [5, 5.41) is 0.606. The monoisotopic (exact) mass is 363 g/mol. The Morgan fingerprint density at radius 2 is 1.91 bits per heavy atom. The van der Waals surface area contributed by atoms with Crippen LogP contribution < -0.4 is 4.72 Å². The van der Waals surface area contributed by atoms with Gasteiger partial charge in [0, 0.05) is 11.4 Å². The number of nitrogens with one attached hydrogen (secondary N) is 1. The average Bonchev–Trinajstić information content (AvgIpc) is 2.87. The molecule has 0 amide bonds. The number of rotatable bonds is 7. The van der Waals surface area contributed by atoms with Gasteiger partial charge in [-0.2, -0.15) is 13.1 Å². The minimum absolute atomic E-state index is 0.429. The number of halogens is 1. The van der Waals surface area contributed by atoms with Gasteiger partial charge in [-0.05, 0) is 24.5 Å². The second-order valence-electron chi connectivity index (χ2n) is 5.35. The van der Waals surface area contributed by atoms with Gasteiger partial charge in [-0.1, -0.05) is 43.6 Å². The van der Waals surface area contributed by atoms with Crippen LogP contribution in [0.2, 0.25) is 5.02 Å². The molecule has 0 aliphatic carbocycles. The molecule has 0 aromatic heterocycles. The van der Waals surface area contributed by atoms with Crippen LogP contribution in [0.15, 0.2) is 24.3 Å². The molecule has 6 nitrogen and oxygen atoms in total. The summed E-state index contributed by atoms with van der Waals surface area (Å²) in [4.78, 5) is 0. The maximum atomic E-state index is 11.7. The zero-order valence-corrected chi connectivity index (χ0v) is 15.0. The van der Waals surface area contributed by atoms with Crippen molar-refractivity contribution in [2.24, 2.45) is 0 Å². The van der Waals surface area contributed by atoms with Crippen LogP contribution in [0.3, 0.4) is 0 Å². The summed E-state index contributed by atoms with van der Waals surface area (Å²) in [6.07, 6.45) is 0.302. The SMILES string of the molecule is CCC1(CC)O[C@@H](NS(=O)(=O)OC)[C@@H](Cc2ccccc2Cl)O1. The molecule has 0 spiro atoms. The first-order valence-electron chi connectivity index (χ1n) is 7.51. The first kappa shape index (κ1) is 18.6. The molecular formula is C15H22ClNO5S. The first-order chi connectivity index (χ1) is 10.8. The summed E-state index contributed by atoms with van der Waals surface area (Å²) in [6, 6.07) is 7.38. The highest BCUT2D eigenvalue weighted by molar-refractivity contribution is 7.84. The second kappa shape index (κ2) is 7.46. The van der Waals surface area contributed by atoms with E-state index in [1.807, 2.05) is 32.0 Å². The number of hydrogen-bond donors (Lipinski definition) is 1. The van der Waals surface area contributed by atoms with Gasteiger partial charge in [0.15, 0.2) is 12.0 Å². The van der Waals surface area contributed by atoms with E-state index in [2.05, 4.69) is 8.91 Å². The van der Waals surface area contributed by atoms with E-state index >= 15 is 0 Å². The van der Waals surface area contributed by atoms with Crippen molar-refractivity contribution < 1.29 is 22.1 Å². The van der Waals surface area contributed by atoms with Gasteiger partial charge in [-0.15, -0.1) is 0 Å². The van der Waals surface area contributed by atoms with Gasteiger partial charge >= 0.3 is 10.3 Å². The van der Waals surface area contributed by atoms with Crippen LogP contribution in [0.1, 0.15) is 32.3 Å². The molecule has 1 N–H and O–H groups in total. The van der Waals surface area contributed by atoms with E-state index in [0.717, 1.165) is 12.7 Å². The fourth-order valence-corrected chi connectivity index (χ4v) is 3.37. The van der Waals surface area contributed by atoms with Crippen molar-refractivity contribution in [3.05, 3.63) is 34.9 Å². The second-order valence-corrected chi connectivity index (χ2v) is 7.23. The van der Waals surface area contributed by atoms with Crippen LogP contribution >= 0.6 is 11.6 Å². The molecule has 1 aliphatic heterocycles. The summed E-state index contributed by atoms with van der Waals surface area (Å²) >= 11 is 6.19. The van der Waals surface area contributed by atoms with E-state index in [1.54, 1.807) is 6.07 Å². The quantitative estimate of drug-likeness (QED) is 0.806. The van der Waals surface area contributed by atoms with Gasteiger partial charge in [0.05, 0.1) is 7.11 Å². The molecule has 0 unspecified atom stereocenters. The van der Waals surface area contributed by atoms with Crippen molar-refractivity contribution in [1.29, 1.82) is 0 Å². The summed E-state index contributed by atoms with van der Waals surface area (Å²) < 4.78 is 42.2. The summed E-state index contributed by atoms with van der Waals surface area (Å²) in [6.45, 7) is 3.87. The van der Waals surface area contributed by atoms with Crippen molar-refractivity contribution in [1.82, 2.24) is 4.72 Å². The van der Waals surface area contributed by atoms with Crippen molar-refractivity contribution in [3.8, 4) is 0 Å². The summed E-state index contributed by atoms with van der Waals surface area (Å²) in [5.41, 5.74) is 0.868. The molecule has 0 radical (unpaired) electrons. The molecule has 2 rings (SSSR count). The highest BCUT2D eigenvalue weighted by atomic mass is 35.5. The third-order valence-corrected chi connectivity index (χ3v) is 5.31. The Kier molecular flexibility index (Phi) is 6.05. The number of benzene rings is 1. The van der Waals surface area contributed by atoms with Crippen LogP contribution in [-0.2, 0) is 30.4 Å². The summed E-state index contributed by atoms with van der Waals surface area (Å²) in [7, 11) is -2.80. The molecule has 0 saturated carbocycles. The van der Waals surface area contributed by atoms with Crippen LogP contribution in [0.25, 0.3) is 0 Å². The summed E-state index contributed by atoms with van der Waals surface area (Å²) in [5.74, 6) is -0.813. The zero-order valence-electron chi connectivity index (χ0n) is 13.4. The Hall–Kier alpha value is -0.700. The smallest absolute Gasteiger partial charge is 0.337 e.